The molecule has 0 aromatic rings. The van der Waals surface area contributed by atoms with E-state index in [1.807, 2.05) is 18.7 Å². The van der Waals surface area contributed by atoms with E-state index in [1.54, 1.807) is 0 Å². The highest BCUT2D eigenvalue weighted by Crippen LogP contribution is 2.08. The summed E-state index contributed by atoms with van der Waals surface area (Å²) in [7, 11) is 0. The van der Waals surface area contributed by atoms with Crippen molar-refractivity contribution in [1.82, 2.24) is 0 Å². The maximum Gasteiger partial charge on any atom is 0.0180 e. The summed E-state index contributed by atoms with van der Waals surface area (Å²) >= 11 is 1.87. The molecule has 0 aliphatic heterocycles. The van der Waals surface area contributed by atoms with Gasteiger partial charge in [-0.1, -0.05) is 6.92 Å². The highest BCUT2D eigenvalue weighted by molar-refractivity contribution is 8.01. The zero-order valence-corrected chi connectivity index (χ0v) is 6.92. The van der Waals surface area contributed by atoms with Crippen molar-refractivity contribution in [3.05, 3.63) is 5.75 Å². The molecule has 0 fully saturated rings. The molecule has 0 saturated heterocycles. The quantitative estimate of drug-likeness (QED) is 0.428. The monoisotopic (exact) mass is 141 g/mol. The third-order valence-corrected chi connectivity index (χ3v) is 1.82. The van der Waals surface area contributed by atoms with Crippen LogP contribution in [0.5, 0.6) is 0 Å². The Bertz CT molecular complexity index is 96.9. The summed E-state index contributed by atoms with van der Waals surface area (Å²) in [4.78, 5) is 0. The van der Waals surface area contributed by atoms with Gasteiger partial charge < -0.3 is 0 Å². The zero-order valence-electron chi connectivity index (χ0n) is 6.11. The van der Waals surface area contributed by atoms with Crippen molar-refractivity contribution in [2.75, 3.05) is 5.75 Å². The summed E-state index contributed by atoms with van der Waals surface area (Å²) in [5.41, 5.74) is 0. The number of thioether (sulfide) groups is 1. The van der Waals surface area contributed by atoms with E-state index in [0.29, 0.717) is 0 Å². The fraction of sp³-hybridized carbons (Fsp3) is 0.625. The lowest BCUT2D eigenvalue weighted by atomic mass is 10.5. The van der Waals surface area contributed by atoms with Crippen LogP contribution in [0.3, 0.4) is 0 Å². The molecule has 0 unspecified atom stereocenters. The summed E-state index contributed by atoms with van der Waals surface area (Å²) in [5, 5.41) is 0. The zero-order chi connectivity index (χ0) is 6.95. The van der Waals surface area contributed by atoms with Crippen LogP contribution in [0.15, 0.2) is 0 Å². The van der Waals surface area contributed by atoms with Crippen LogP contribution in [-0.2, 0) is 0 Å². The van der Waals surface area contributed by atoms with Gasteiger partial charge in [0.25, 0.3) is 0 Å². The Balaban J connectivity index is 2.80. The second-order valence-corrected chi connectivity index (χ2v) is 2.70. The molecular weight excluding hydrogens is 128 g/mol. The molecule has 51 valence electrons. The van der Waals surface area contributed by atoms with Crippen molar-refractivity contribution >= 4 is 11.8 Å². The molecule has 0 aromatic heterocycles. The minimum atomic E-state index is 1.03. The topological polar surface area (TPSA) is 0 Å². The number of hydrogen-bond acceptors (Lipinski definition) is 1. The van der Waals surface area contributed by atoms with Crippen LogP contribution in [0, 0.1) is 17.6 Å². The standard InChI is InChI=1S/C8H13S/c1-3-5-6-8-9-7-4-2/h7H,4,6,8H2,1-2H3. The van der Waals surface area contributed by atoms with Gasteiger partial charge in [-0.25, -0.2) is 0 Å². The molecule has 0 spiro atoms. The normalized spacial score (nSPS) is 8.22. The Labute approximate surface area is 62.4 Å². The Kier molecular flexibility index (Phi) is 7.83. The molecule has 0 aromatic carbocycles. The molecule has 0 aliphatic rings. The summed E-state index contributed by atoms with van der Waals surface area (Å²) < 4.78 is 0. The molecule has 0 rings (SSSR count). The summed E-state index contributed by atoms with van der Waals surface area (Å²) in [5.74, 6) is 9.25. The fourth-order valence-electron chi connectivity index (χ4n) is 0.436. The van der Waals surface area contributed by atoms with E-state index in [-0.39, 0.29) is 0 Å². The van der Waals surface area contributed by atoms with Gasteiger partial charge in [-0.2, -0.15) is 11.8 Å². The number of hydrogen-bond donors (Lipinski definition) is 0. The second-order valence-electron chi connectivity index (χ2n) is 1.62. The first-order valence-electron chi connectivity index (χ1n) is 3.24. The lowest BCUT2D eigenvalue weighted by molar-refractivity contribution is 1.19. The first-order chi connectivity index (χ1) is 4.41. The largest absolute Gasteiger partial charge is 0.156 e. The first kappa shape index (κ1) is 8.91. The first-order valence-corrected chi connectivity index (χ1v) is 4.29. The predicted molar refractivity (Wildman–Crippen MR) is 45.1 cm³/mol. The van der Waals surface area contributed by atoms with Crippen LogP contribution in [0.1, 0.15) is 26.7 Å². The second kappa shape index (κ2) is 7.91. The Morgan fingerprint density at radius 1 is 1.56 bits per heavy atom. The molecule has 0 aliphatic carbocycles. The average Bonchev–Trinajstić information content (AvgIpc) is 1.89. The minimum Gasteiger partial charge on any atom is -0.156 e. The van der Waals surface area contributed by atoms with Crippen LogP contribution in [0.4, 0.5) is 0 Å². The van der Waals surface area contributed by atoms with Crippen LogP contribution in [0.2, 0.25) is 0 Å². The van der Waals surface area contributed by atoms with Crippen LogP contribution in [-0.4, -0.2) is 5.75 Å². The highest BCUT2D eigenvalue weighted by Gasteiger charge is 1.82. The molecule has 0 amide bonds. The van der Waals surface area contributed by atoms with Crippen molar-refractivity contribution in [2.45, 2.75) is 26.7 Å². The van der Waals surface area contributed by atoms with E-state index in [4.69, 9.17) is 0 Å². The molecule has 9 heavy (non-hydrogen) atoms. The molecule has 0 heterocycles. The lowest BCUT2D eigenvalue weighted by Crippen LogP contribution is -1.73. The van der Waals surface area contributed by atoms with E-state index in [0.717, 1.165) is 18.6 Å². The molecule has 0 bridgehead atoms. The lowest BCUT2D eigenvalue weighted by Gasteiger charge is -1.90. The highest BCUT2D eigenvalue weighted by atomic mass is 32.2. The van der Waals surface area contributed by atoms with Gasteiger partial charge in [0.2, 0.25) is 0 Å². The minimum absolute atomic E-state index is 1.03. The van der Waals surface area contributed by atoms with Gasteiger partial charge in [0, 0.05) is 17.9 Å². The smallest absolute Gasteiger partial charge is 0.0180 e. The molecule has 0 saturated carbocycles. The summed E-state index contributed by atoms with van der Waals surface area (Å²) in [6.07, 6.45) is 2.18. The van der Waals surface area contributed by atoms with E-state index in [1.165, 1.54) is 0 Å². The SMILES string of the molecule is CC#CCCS[CH]CC. The van der Waals surface area contributed by atoms with E-state index >= 15 is 0 Å². The molecule has 1 radical (unpaired) electrons. The summed E-state index contributed by atoms with van der Waals surface area (Å²) in [6.45, 7) is 4.03. The van der Waals surface area contributed by atoms with Crippen molar-refractivity contribution in [1.29, 1.82) is 0 Å². The maximum absolute atomic E-state index is 3.02. The van der Waals surface area contributed by atoms with E-state index in [9.17, 15) is 0 Å². The van der Waals surface area contributed by atoms with Gasteiger partial charge >= 0.3 is 0 Å². The van der Waals surface area contributed by atoms with E-state index < -0.39 is 0 Å². The fourth-order valence-corrected chi connectivity index (χ4v) is 1.06. The van der Waals surface area contributed by atoms with Gasteiger partial charge in [-0.3, -0.25) is 0 Å². The average molecular weight is 141 g/mol. The van der Waals surface area contributed by atoms with Gasteiger partial charge in [0.15, 0.2) is 0 Å². The van der Waals surface area contributed by atoms with Crippen LogP contribution >= 0.6 is 11.8 Å². The molecule has 0 atom stereocenters. The van der Waals surface area contributed by atoms with Crippen molar-refractivity contribution in [2.24, 2.45) is 0 Å². The van der Waals surface area contributed by atoms with Crippen LogP contribution < -0.4 is 0 Å². The molecule has 1 heteroatoms. The molecule has 0 nitrogen and oxygen atoms in total. The maximum atomic E-state index is 3.02. The molecule has 0 N–H and O–H groups in total. The Morgan fingerprint density at radius 3 is 2.89 bits per heavy atom. The summed E-state index contributed by atoms with van der Waals surface area (Å²) in [6, 6.07) is 0. The van der Waals surface area contributed by atoms with Gasteiger partial charge in [-0.05, 0) is 13.3 Å². The van der Waals surface area contributed by atoms with E-state index in [2.05, 4.69) is 24.5 Å². The van der Waals surface area contributed by atoms with Crippen LogP contribution in [0.25, 0.3) is 0 Å². The third kappa shape index (κ3) is 7.91. The third-order valence-electron chi connectivity index (χ3n) is 0.806. The van der Waals surface area contributed by atoms with Gasteiger partial charge in [-0.15, -0.1) is 11.8 Å². The number of rotatable bonds is 4. The van der Waals surface area contributed by atoms with Crippen molar-refractivity contribution in [3.8, 4) is 11.8 Å². The van der Waals surface area contributed by atoms with Gasteiger partial charge in [0.05, 0.1) is 0 Å². The Hall–Kier alpha value is -0.0900. The molecular formula is C8H13S. The Morgan fingerprint density at radius 2 is 2.33 bits per heavy atom. The van der Waals surface area contributed by atoms with Crippen molar-refractivity contribution < 1.29 is 0 Å². The van der Waals surface area contributed by atoms with Crippen molar-refractivity contribution in [3.63, 3.8) is 0 Å². The predicted octanol–water partition coefficient (Wildman–Crippen LogP) is 2.70. The van der Waals surface area contributed by atoms with Gasteiger partial charge in [0.1, 0.15) is 0 Å².